The maximum Gasteiger partial charge on any atom is 0.328 e. The molecule has 2 saturated heterocycles. The molecular weight excluding hydrogens is 370 g/mol. The lowest BCUT2D eigenvalue weighted by atomic mass is 10.3. The van der Waals surface area contributed by atoms with Gasteiger partial charge in [-0.15, -0.1) is 0 Å². The molecule has 1 N–H and O–H groups in total. The van der Waals surface area contributed by atoms with Crippen LogP contribution >= 0.6 is 0 Å². The van der Waals surface area contributed by atoms with Gasteiger partial charge in [0.25, 0.3) is 5.91 Å². The third kappa shape index (κ3) is 4.50. The second kappa shape index (κ2) is 9.13. The summed E-state index contributed by atoms with van der Waals surface area (Å²) in [6, 6.07) is 7.17. The summed E-state index contributed by atoms with van der Waals surface area (Å²) in [6.45, 7) is 7.20. The zero-order valence-electron chi connectivity index (χ0n) is 16.9. The van der Waals surface area contributed by atoms with E-state index in [1.807, 2.05) is 32.0 Å². The minimum atomic E-state index is -0.439. The molecule has 0 saturated carbocycles. The van der Waals surface area contributed by atoms with Crippen LogP contribution in [0, 0.1) is 0 Å². The van der Waals surface area contributed by atoms with Gasteiger partial charge in [-0.05, 0) is 24.3 Å². The number of nitrogens with zero attached hydrogens (tertiary/aromatic N) is 6. The second-order valence-corrected chi connectivity index (χ2v) is 6.29. The highest BCUT2D eigenvalue weighted by Crippen LogP contribution is 2.18. The van der Waals surface area contributed by atoms with Crippen LogP contribution in [0.3, 0.4) is 0 Å². The molecule has 2 aromatic rings. The minimum absolute atomic E-state index is 0.268. The lowest BCUT2D eigenvalue weighted by Crippen LogP contribution is -2.47. The van der Waals surface area contributed by atoms with Gasteiger partial charge >= 0.3 is 6.03 Å². The van der Waals surface area contributed by atoms with E-state index in [2.05, 4.69) is 30.1 Å². The van der Waals surface area contributed by atoms with E-state index < -0.39 is 11.9 Å². The van der Waals surface area contributed by atoms with Gasteiger partial charge in [0.15, 0.2) is 0 Å². The van der Waals surface area contributed by atoms with Crippen molar-refractivity contribution in [1.29, 1.82) is 0 Å². The van der Waals surface area contributed by atoms with Crippen molar-refractivity contribution in [3.05, 3.63) is 48.1 Å². The van der Waals surface area contributed by atoms with Gasteiger partial charge < -0.3 is 9.80 Å². The van der Waals surface area contributed by atoms with E-state index in [-0.39, 0.29) is 5.70 Å². The highest BCUT2D eigenvalue weighted by atomic mass is 16.2. The van der Waals surface area contributed by atoms with Gasteiger partial charge in [0.05, 0.1) is 5.69 Å². The fraction of sp³-hybridized carbons (Fsp3) is 0.350. The van der Waals surface area contributed by atoms with Crippen molar-refractivity contribution in [2.45, 2.75) is 13.8 Å². The molecule has 0 atom stereocenters. The third-order valence-electron chi connectivity index (χ3n) is 4.60. The van der Waals surface area contributed by atoms with Crippen LogP contribution in [0.25, 0.3) is 6.08 Å². The predicted molar refractivity (Wildman–Crippen MR) is 111 cm³/mol. The average Bonchev–Trinajstić information content (AvgIpc) is 3.02. The van der Waals surface area contributed by atoms with Crippen molar-refractivity contribution in [1.82, 2.24) is 25.2 Å². The molecule has 0 unspecified atom stereocenters. The van der Waals surface area contributed by atoms with Gasteiger partial charge in [-0.2, -0.15) is 0 Å². The van der Waals surface area contributed by atoms with Crippen LogP contribution in [-0.4, -0.2) is 65.0 Å². The molecule has 29 heavy (non-hydrogen) atoms. The van der Waals surface area contributed by atoms with Crippen LogP contribution in [0.5, 0.6) is 0 Å². The summed E-state index contributed by atoms with van der Waals surface area (Å²) in [7, 11) is 1.55. The molecule has 9 nitrogen and oxygen atoms in total. The Kier molecular flexibility index (Phi) is 6.38. The summed E-state index contributed by atoms with van der Waals surface area (Å²) in [5.74, 6) is 1.15. The Balaban J connectivity index is 0.00000117. The maximum atomic E-state index is 11.8. The molecular formula is C20H25N7O2. The number of anilines is 2. The molecule has 152 valence electrons. The number of piperazine rings is 1. The number of amides is 3. The van der Waals surface area contributed by atoms with Gasteiger partial charge in [-0.3, -0.25) is 15.0 Å². The van der Waals surface area contributed by atoms with E-state index in [4.69, 9.17) is 0 Å². The van der Waals surface area contributed by atoms with E-state index >= 15 is 0 Å². The van der Waals surface area contributed by atoms with Crippen molar-refractivity contribution in [2.75, 3.05) is 43.0 Å². The second-order valence-electron chi connectivity index (χ2n) is 6.29. The van der Waals surface area contributed by atoms with Crippen LogP contribution in [0.1, 0.15) is 19.5 Å². The number of urea groups is 1. The summed E-state index contributed by atoms with van der Waals surface area (Å²) < 4.78 is 0. The number of carbonyl (C=O) groups is 2. The molecule has 0 aliphatic carbocycles. The summed E-state index contributed by atoms with van der Waals surface area (Å²) in [4.78, 5) is 42.3. The third-order valence-corrected chi connectivity index (χ3v) is 4.60. The monoisotopic (exact) mass is 395 g/mol. The van der Waals surface area contributed by atoms with Crippen molar-refractivity contribution in [2.24, 2.45) is 0 Å². The topological polar surface area (TPSA) is 94.6 Å². The molecule has 4 heterocycles. The highest BCUT2D eigenvalue weighted by Gasteiger charge is 2.30. The Morgan fingerprint density at radius 1 is 0.966 bits per heavy atom. The van der Waals surface area contributed by atoms with Gasteiger partial charge in [-0.1, -0.05) is 19.9 Å². The number of rotatable bonds is 3. The van der Waals surface area contributed by atoms with Crippen molar-refractivity contribution < 1.29 is 9.59 Å². The number of imide groups is 1. The van der Waals surface area contributed by atoms with Crippen molar-refractivity contribution >= 4 is 29.8 Å². The van der Waals surface area contributed by atoms with E-state index in [9.17, 15) is 9.59 Å². The Labute approximate surface area is 170 Å². The Morgan fingerprint density at radius 2 is 1.69 bits per heavy atom. The number of pyridine rings is 1. The molecule has 9 heteroatoms. The lowest BCUT2D eigenvalue weighted by molar-refractivity contribution is -0.115. The number of hydrogen-bond acceptors (Lipinski definition) is 7. The van der Waals surface area contributed by atoms with Gasteiger partial charge in [0.2, 0.25) is 5.95 Å². The first-order valence-electron chi connectivity index (χ1n) is 9.66. The molecule has 3 amide bonds. The summed E-state index contributed by atoms with van der Waals surface area (Å²) in [5.41, 5.74) is 0.850. The first-order valence-corrected chi connectivity index (χ1v) is 9.66. The molecule has 2 fully saturated rings. The Hall–Kier alpha value is -3.49. The number of nitrogens with one attached hydrogen (secondary N) is 1. The van der Waals surface area contributed by atoms with E-state index in [1.165, 1.54) is 4.90 Å². The largest absolute Gasteiger partial charge is 0.353 e. The van der Waals surface area contributed by atoms with Crippen LogP contribution < -0.4 is 15.1 Å². The van der Waals surface area contributed by atoms with E-state index in [0.29, 0.717) is 11.6 Å². The first-order chi connectivity index (χ1) is 14.1. The predicted octanol–water partition coefficient (Wildman–Crippen LogP) is 1.75. The van der Waals surface area contributed by atoms with Crippen LogP contribution in [0.15, 0.2) is 42.4 Å². The summed E-state index contributed by atoms with van der Waals surface area (Å²) in [5, 5.41) is 2.25. The number of carbonyl (C=O) groups excluding carboxylic acids is 2. The van der Waals surface area contributed by atoms with Gasteiger partial charge in [0.1, 0.15) is 11.5 Å². The van der Waals surface area contributed by atoms with Crippen LogP contribution in [-0.2, 0) is 4.79 Å². The average molecular weight is 395 g/mol. The molecule has 2 aliphatic heterocycles. The highest BCUT2D eigenvalue weighted by molar-refractivity contribution is 6.13. The van der Waals surface area contributed by atoms with Crippen LogP contribution in [0.4, 0.5) is 16.6 Å². The quantitative estimate of drug-likeness (QED) is 0.625. The summed E-state index contributed by atoms with van der Waals surface area (Å²) >= 11 is 0. The van der Waals surface area contributed by atoms with E-state index in [0.717, 1.165) is 32.0 Å². The molecule has 0 aromatic carbocycles. The normalized spacial score (nSPS) is 17.9. The number of hydrogen-bond donors (Lipinski definition) is 1. The Morgan fingerprint density at radius 3 is 2.31 bits per heavy atom. The molecule has 0 bridgehead atoms. The zero-order valence-corrected chi connectivity index (χ0v) is 16.9. The Bertz CT molecular complexity index is 893. The molecule has 2 aliphatic rings. The standard InChI is InChI=1S/C18H19N7O2.C2H6/c1-23-14(16(26)22-18(23)27)12-13-5-7-20-17(21-13)25-10-8-24(9-11-25)15-4-2-3-6-19-15;1-2/h2-7,12H,8-11H2,1H3,(H,22,26,27);1-2H3/b14-12-;. The smallest absolute Gasteiger partial charge is 0.328 e. The van der Waals surface area contributed by atoms with Crippen molar-refractivity contribution in [3.8, 4) is 0 Å². The van der Waals surface area contributed by atoms with Gasteiger partial charge in [-0.25, -0.2) is 19.7 Å². The zero-order chi connectivity index (χ0) is 20.8. The van der Waals surface area contributed by atoms with Crippen molar-refractivity contribution in [3.63, 3.8) is 0 Å². The molecule has 2 aromatic heterocycles. The summed E-state index contributed by atoms with van der Waals surface area (Å²) in [6.07, 6.45) is 5.05. The number of likely N-dealkylation sites (N-methyl/N-ethyl adjacent to an activating group) is 1. The molecule has 0 spiro atoms. The maximum absolute atomic E-state index is 11.8. The van der Waals surface area contributed by atoms with Gasteiger partial charge in [0, 0.05) is 45.6 Å². The number of aromatic nitrogens is 3. The first kappa shape index (κ1) is 20.2. The SMILES string of the molecule is CC.CN1C(=O)NC(=O)/C1=C/c1ccnc(N2CCN(c3ccccn3)CC2)n1. The lowest BCUT2D eigenvalue weighted by Gasteiger charge is -2.35. The van der Waals surface area contributed by atoms with Crippen LogP contribution in [0.2, 0.25) is 0 Å². The fourth-order valence-electron chi connectivity index (χ4n) is 3.08. The van der Waals surface area contributed by atoms with E-state index in [1.54, 1.807) is 31.6 Å². The fourth-order valence-corrected chi connectivity index (χ4v) is 3.08. The molecule has 0 radical (unpaired) electrons. The molecule has 4 rings (SSSR count). The minimum Gasteiger partial charge on any atom is -0.353 e.